The zero-order valence-corrected chi connectivity index (χ0v) is 11.7. The van der Waals surface area contributed by atoms with Crippen LogP contribution in [0.15, 0.2) is 18.2 Å². The van der Waals surface area contributed by atoms with Gasteiger partial charge < -0.3 is 5.11 Å². The van der Waals surface area contributed by atoms with E-state index in [-0.39, 0.29) is 0 Å². The van der Waals surface area contributed by atoms with Gasteiger partial charge in [-0.05, 0) is 69.7 Å². The van der Waals surface area contributed by atoms with Crippen molar-refractivity contribution in [1.29, 1.82) is 0 Å². The Kier molecular flexibility index (Phi) is 4.53. The first-order chi connectivity index (χ1) is 7.79. The van der Waals surface area contributed by atoms with E-state index >= 15 is 0 Å². The topological polar surface area (TPSA) is 20.2 Å². The second-order valence-corrected chi connectivity index (χ2v) is 5.55. The van der Waals surface area contributed by atoms with Crippen molar-refractivity contribution in [2.24, 2.45) is 0 Å². The van der Waals surface area contributed by atoms with E-state index < -0.39 is 5.60 Å². The second kappa shape index (κ2) is 5.50. The fourth-order valence-corrected chi connectivity index (χ4v) is 1.81. The smallest absolute Gasteiger partial charge is 0.0594 e. The van der Waals surface area contributed by atoms with Gasteiger partial charge in [0.05, 0.1) is 5.60 Å². The molecule has 1 heteroatoms. The molecule has 0 radical (unpaired) electrons. The second-order valence-electron chi connectivity index (χ2n) is 5.55. The molecule has 0 aliphatic rings. The summed E-state index contributed by atoms with van der Waals surface area (Å²) in [6, 6.07) is 4.45. The van der Waals surface area contributed by atoms with Gasteiger partial charge in [0.15, 0.2) is 0 Å². The quantitative estimate of drug-likeness (QED) is 0.825. The molecule has 0 fully saturated rings. The normalized spacial score (nSPS) is 12.4. The molecule has 94 valence electrons. The van der Waals surface area contributed by atoms with Gasteiger partial charge in [0.25, 0.3) is 0 Å². The summed E-state index contributed by atoms with van der Waals surface area (Å²) >= 11 is 0. The molecule has 1 nitrogen and oxygen atoms in total. The van der Waals surface area contributed by atoms with Gasteiger partial charge >= 0.3 is 0 Å². The molecule has 0 aromatic heterocycles. The van der Waals surface area contributed by atoms with Crippen LogP contribution in [0.1, 0.15) is 48.9 Å². The van der Waals surface area contributed by atoms with Crippen LogP contribution >= 0.6 is 0 Å². The molecule has 1 rings (SSSR count). The van der Waals surface area contributed by atoms with Gasteiger partial charge in [-0.1, -0.05) is 24.3 Å². The molecule has 1 aromatic carbocycles. The van der Waals surface area contributed by atoms with Crippen LogP contribution in [0.5, 0.6) is 0 Å². The summed E-state index contributed by atoms with van der Waals surface area (Å²) < 4.78 is 0. The van der Waals surface area contributed by atoms with Gasteiger partial charge in [-0.15, -0.1) is 0 Å². The molecular formula is C16H24O. The molecule has 0 amide bonds. The van der Waals surface area contributed by atoms with Gasteiger partial charge in [-0.25, -0.2) is 0 Å². The first-order valence-electron chi connectivity index (χ1n) is 6.26. The van der Waals surface area contributed by atoms with Crippen molar-refractivity contribution in [2.45, 2.75) is 53.1 Å². The Balaban J connectivity index is 2.69. The van der Waals surface area contributed by atoms with E-state index in [2.05, 4.69) is 45.1 Å². The standard InChI is InChI=1S/C16H24O/c1-12-10-14(3)15(11-13(12)2)8-6-7-9-16(4,5)17/h6,8,10-11,17H,7,9H2,1-5H3/b8-6+. The Morgan fingerprint density at radius 1 is 1.06 bits per heavy atom. The lowest BCUT2D eigenvalue weighted by molar-refractivity contribution is 0.0722. The van der Waals surface area contributed by atoms with Crippen LogP contribution in [-0.2, 0) is 0 Å². The molecular weight excluding hydrogens is 208 g/mol. The minimum absolute atomic E-state index is 0.567. The van der Waals surface area contributed by atoms with E-state index in [1.807, 2.05) is 13.8 Å². The number of hydrogen-bond acceptors (Lipinski definition) is 1. The summed E-state index contributed by atoms with van der Waals surface area (Å²) in [5, 5.41) is 9.62. The maximum atomic E-state index is 9.62. The van der Waals surface area contributed by atoms with Crippen molar-refractivity contribution in [3.63, 3.8) is 0 Å². The Bertz CT molecular complexity index is 408. The molecule has 0 saturated heterocycles. The molecule has 0 aliphatic carbocycles. The van der Waals surface area contributed by atoms with E-state index in [1.54, 1.807) is 0 Å². The predicted octanol–water partition coefficient (Wildman–Crippen LogP) is 4.18. The first kappa shape index (κ1) is 14.0. The fourth-order valence-electron chi connectivity index (χ4n) is 1.81. The highest BCUT2D eigenvalue weighted by atomic mass is 16.3. The molecule has 0 spiro atoms. The van der Waals surface area contributed by atoms with Crippen molar-refractivity contribution in [3.8, 4) is 0 Å². The van der Waals surface area contributed by atoms with E-state index in [1.165, 1.54) is 22.3 Å². The molecule has 0 heterocycles. The predicted molar refractivity (Wildman–Crippen MR) is 75.2 cm³/mol. The van der Waals surface area contributed by atoms with Crippen LogP contribution in [0.2, 0.25) is 0 Å². The summed E-state index contributed by atoms with van der Waals surface area (Å²) in [5.41, 5.74) is 4.70. The molecule has 0 bridgehead atoms. The fraction of sp³-hybridized carbons (Fsp3) is 0.500. The minimum Gasteiger partial charge on any atom is -0.390 e. The third-order valence-electron chi connectivity index (χ3n) is 3.10. The SMILES string of the molecule is Cc1cc(C)c(/C=C/CCC(C)(C)O)cc1C. The lowest BCUT2D eigenvalue weighted by atomic mass is 9.99. The zero-order valence-electron chi connectivity index (χ0n) is 11.7. The van der Waals surface area contributed by atoms with Gasteiger partial charge in [-0.3, -0.25) is 0 Å². The molecule has 1 aromatic rings. The van der Waals surface area contributed by atoms with Crippen LogP contribution in [0.3, 0.4) is 0 Å². The molecule has 0 unspecified atom stereocenters. The molecule has 0 atom stereocenters. The third kappa shape index (κ3) is 4.74. The monoisotopic (exact) mass is 232 g/mol. The Morgan fingerprint density at radius 2 is 1.65 bits per heavy atom. The van der Waals surface area contributed by atoms with Crippen molar-refractivity contribution in [2.75, 3.05) is 0 Å². The lowest BCUT2D eigenvalue weighted by Gasteiger charge is -2.14. The maximum absolute atomic E-state index is 9.62. The Morgan fingerprint density at radius 3 is 2.24 bits per heavy atom. The number of aryl methyl sites for hydroxylation is 3. The Labute approximate surface area is 105 Å². The summed E-state index contributed by atoms with van der Waals surface area (Å²) in [6.45, 7) is 10.1. The third-order valence-corrected chi connectivity index (χ3v) is 3.10. The lowest BCUT2D eigenvalue weighted by Crippen LogP contribution is -2.17. The van der Waals surface area contributed by atoms with E-state index in [0.29, 0.717) is 0 Å². The first-order valence-corrected chi connectivity index (χ1v) is 6.26. The van der Waals surface area contributed by atoms with E-state index in [4.69, 9.17) is 0 Å². The number of allylic oxidation sites excluding steroid dienone is 1. The molecule has 0 saturated carbocycles. The van der Waals surface area contributed by atoms with Crippen molar-refractivity contribution in [3.05, 3.63) is 40.5 Å². The summed E-state index contributed by atoms with van der Waals surface area (Å²) in [7, 11) is 0. The highest BCUT2D eigenvalue weighted by molar-refractivity contribution is 5.56. The van der Waals surface area contributed by atoms with Crippen molar-refractivity contribution in [1.82, 2.24) is 0 Å². The zero-order chi connectivity index (χ0) is 13.1. The number of rotatable bonds is 4. The molecule has 17 heavy (non-hydrogen) atoms. The summed E-state index contributed by atoms with van der Waals surface area (Å²) in [4.78, 5) is 0. The van der Waals surface area contributed by atoms with Gasteiger partial charge in [-0.2, -0.15) is 0 Å². The Hall–Kier alpha value is -1.08. The maximum Gasteiger partial charge on any atom is 0.0594 e. The van der Waals surface area contributed by atoms with Crippen LogP contribution in [0, 0.1) is 20.8 Å². The van der Waals surface area contributed by atoms with E-state index in [0.717, 1.165) is 12.8 Å². The van der Waals surface area contributed by atoms with Crippen LogP contribution in [0.25, 0.3) is 6.08 Å². The van der Waals surface area contributed by atoms with Crippen molar-refractivity contribution >= 4 is 6.08 Å². The minimum atomic E-state index is -0.567. The highest BCUT2D eigenvalue weighted by Crippen LogP contribution is 2.18. The molecule has 1 N–H and O–H groups in total. The number of hydrogen-bond donors (Lipinski definition) is 1. The van der Waals surface area contributed by atoms with Crippen LogP contribution < -0.4 is 0 Å². The van der Waals surface area contributed by atoms with Crippen LogP contribution in [0.4, 0.5) is 0 Å². The van der Waals surface area contributed by atoms with Gasteiger partial charge in [0.2, 0.25) is 0 Å². The van der Waals surface area contributed by atoms with Gasteiger partial charge in [0.1, 0.15) is 0 Å². The molecule has 0 aliphatic heterocycles. The highest BCUT2D eigenvalue weighted by Gasteiger charge is 2.09. The summed E-state index contributed by atoms with van der Waals surface area (Å²) in [5.74, 6) is 0. The summed E-state index contributed by atoms with van der Waals surface area (Å²) in [6.07, 6.45) is 6.02. The largest absolute Gasteiger partial charge is 0.390 e. The van der Waals surface area contributed by atoms with Crippen molar-refractivity contribution < 1.29 is 5.11 Å². The van der Waals surface area contributed by atoms with Gasteiger partial charge in [0, 0.05) is 0 Å². The van der Waals surface area contributed by atoms with Crippen LogP contribution in [-0.4, -0.2) is 10.7 Å². The average molecular weight is 232 g/mol. The average Bonchev–Trinajstić information content (AvgIpc) is 2.18. The number of aliphatic hydroxyl groups is 1. The van der Waals surface area contributed by atoms with E-state index in [9.17, 15) is 5.11 Å². The number of benzene rings is 1.